The molecule has 0 aromatic carbocycles. The van der Waals surface area contributed by atoms with E-state index in [2.05, 4.69) is 26.8 Å². The van der Waals surface area contributed by atoms with E-state index in [4.69, 9.17) is 4.74 Å². The molecule has 1 saturated carbocycles. The fraction of sp³-hybridized carbons (Fsp3) is 0.824. The Morgan fingerprint density at radius 2 is 2.09 bits per heavy atom. The second-order valence-electron chi connectivity index (χ2n) is 6.64. The van der Waals surface area contributed by atoms with E-state index < -0.39 is 0 Å². The maximum absolute atomic E-state index is 6.17. The predicted molar refractivity (Wildman–Crippen MR) is 87.8 cm³/mol. The van der Waals surface area contributed by atoms with Gasteiger partial charge in [-0.2, -0.15) is 0 Å². The Bertz CT molecular complexity index is 440. The molecule has 3 rings (SSSR count). The number of nitrogens with zero attached hydrogens (tertiary/aromatic N) is 3. The third kappa shape index (κ3) is 4.09. The summed E-state index contributed by atoms with van der Waals surface area (Å²) in [6.45, 7) is 4.98. The minimum Gasteiger partial charge on any atom is -0.377 e. The zero-order valence-electron chi connectivity index (χ0n) is 13.8. The van der Waals surface area contributed by atoms with Crippen LogP contribution in [0.5, 0.6) is 0 Å². The van der Waals surface area contributed by atoms with Crippen molar-refractivity contribution in [2.24, 2.45) is 7.05 Å². The van der Waals surface area contributed by atoms with Crippen LogP contribution in [0.3, 0.4) is 0 Å². The van der Waals surface area contributed by atoms with Crippen LogP contribution in [0.2, 0.25) is 0 Å². The summed E-state index contributed by atoms with van der Waals surface area (Å²) in [5.74, 6) is 1.15. The number of imidazole rings is 1. The van der Waals surface area contributed by atoms with E-state index in [-0.39, 0.29) is 0 Å². The van der Waals surface area contributed by atoms with E-state index in [1.807, 2.05) is 12.4 Å². The third-order valence-corrected chi connectivity index (χ3v) is 5.04. The molecule has 1 aromatic heterocycles. The molecule has 124 valence electrons. The van der Waals surface area contributed by atoms with Crippen LogP contribution in [0.25, 0.3) is 0 Å². The lowest BCUT2D eigenvalue weighted by Crippen LogP contribution is -2.48. The molecule has 0 amide bonds. The molecule has 2 aliphatic rings. The van der Waals surface area contributed by atoms with Crippen molar-refractivity contribution in [3.05, 3.63) is 18.2 Å². The van der Waals surface area contributed by atoms with Crippen molar-refractivity contribution in [1.29, 1.82) is 0 Å². The van der Waals surface area contributed by atoms with Gasteiger partial charge in [-0.05, 0) is 12.8 Å². The van der Waals surface area contributed by atoms with Crippen LogP contribution in [0.15, 0.2) is 12.4 Å². The molecule has 22 heavy (non-hydrogen) atoms. The Balaban J connectivity index is 1.50. The number of aromatic nitrogens is 2. The first kappa shape index (κ1) is 16.0. The summed E-state index contributed by atoms with van der Waals surface area (Å²) >= 11 is 0. The lowest BCUT2D eigenvalue weighted by atomic mass is 10.1. The minimum atomic E-state index is 0.367. The number of rotatable bonds is 5. The molecule has 1 N–H and O–H groups in total. The third-order valence-electron chi connectivity index (χ3n) is 5.04. The predicted octanol–water partition coefficient (Wildman–Crippen LogP) is 2.11. The van der Waals surface area contributed by atoms with Gasteiger partial charge in [-0.25, -0.2) is 4.98 Å². The van der Waals surface area contributed by atoms with Crippen molar-refractivity contribution in [3.8, 4) is 0 Å². The van der Waals surface area contributed by atoms with Crippen molar-refractivity contribution in [2.45, 2.75) is 50.7 Å². The highest BCUT2D eigenvalue weighted by Crippen LogP contribution is 2.22. The van der Waals surface area contributed by atoms with E-state index in [0.29, 0.717) is 12.1 Å². The molecule has 1 unspecified atom stereocenters. The molecule has 5 heteroatoms. The molecule has 1 aromatic rings. The van der Waals surface area contributed by atoms with Gasteiger partial charge in [0.05, 0.1) is 18.8 Å². The highest BCUT2D eigenvalue weighted by Gasteiger charge is 2.26. The average Bonchev–Trinajstić information content (AvgIpc) is 2.80. The van der Waals surface area contributed by atoms with Gasteiger partial charge in [-0.1, -0.05) is 25.7 Å². The summed E-state index contributed by atoms with van der Waals surface area (Å²) in [5, 5.41) is 3.49. The Labute approximate surface area is 134 Å². The molecule has 1 saturated heterocycles. The summed E-state index contributed by atoms with van der Waals surface area (Å²) in [7, 11) is 2.08. The molecule has 1 atom stereocenters. The number of nitrogens with one attached hydrogen (secondary N) is 1. The Kier molecular flexibility index (Phi) is 5.87. The Morgan fingerprint density at radius 1 is 1.27 bits per heavy atom. The highest BCUT2D eigenvalue weighted by atomic mass is 16.5. The van der Waals surface area contributed by atoms with Gasteiger partial charge < -0.3 is 14.6 Å². The van der Waals surface area contributed by atoms with Gasteiger partial charge in [0.15, 0.2) is 0 Å². The molecule has 0 radical (unpaired) electrons. The molecule has 2 heterocycles. The molecule has 5 nitrogen and oxygen atoms in total. The van der Waals surface area contributed by atoms with Gasteiger partial charge in [-0.3, -0.25) is 4.90 Å². The van der Waals surface area contributed by atoms with Gasteiger partial charge in [0.1, 0.15) is 5.82 Å². The molecular weight excluding hydrogens is 276 g/mol. The maximum Gasteiger partial charge on any atom is 0.127 e. The first-order valence-electron chi connectivity index (χ1n) is 8.88. The fourth-order valence-corrected chi connectivity index (χ4v) is 3.71. The summed E-state index contributed by atoms with van der Waals surface area (Å²) in [6, 6.07) is 0.367. The van der Waals surface area contributed by atoms with Gasteiger partial charge in [0.2, 0.25) is 0 Å². The number of hydrogen-bond acceptors (Lipinski definition) is 4. The van der Waals surface area contributed by atoms with Crippen molar-refractivity contribution in [2.75, 3.05) is 32.8 Å². The van der Waals surface area contributed by atoms with Crippen LogP contribution in [0, 0.1) is 0 Å². The molecule has 0 spiro atoms. The minimum absolute atomic E-state index is 0.367. The quantitative estimate of drug-likeness (QED) is 0.846. The van der Waals surface area contributed by atoms with Crippen molar-refractivity contribution >= 4 is 0 Å². The van der Waals surface area contributed by atoms with Crippen LogP contribution in [0.4, 0.5) is 0 Å². The zero-order chi connectivity index (χ0) is 15.2. The SMILES string of the molecule is Cn1ccnc1C1CNCCN1CCOC1CCCCCC1. The molecule has 1 aliphatic heterocycles. The molecule has 2 fully saturated rings. The van der Waals surface area contributed by atoms with Gasteiger partial charge in [-0.15, -0.1) is 0 Å². The van der Waals surface area contributed by atoms with Crippen LogP contribution in [-0.4, -0.2) is 53.3 Å². The van der Waals surface area contributed by atoms with E-state index >= 15 is 0 Å². The number of ether oxygens (including phenoxy) is 1. The lowest BCUT2D eigenvalue weighted by Gasteiger charge is -2.35. The van der Waals surface area contributed by atoms with Crippen LogP contribution in [0.1, 0.15) is 50.4 Å². The zero-order valence-corrected chi connectivity index (χ0v) is 13.8. The second kappa shape index (κ2) is 8.09. The normalized spacial score (nSPS) is 25.2. The van der Waals surface area contributed by atoms with Crippen molar-refractivity contribution in [1.82, 2.24) is 19.8 Å². The van der Waals surface area contributed by atoms with E-state index in [1.54, 1.807) is 0 Å². The number of aryl methyl sites for hydroxylation is 1. The maximum atomic E-state index is 6.17. The first-order chi connectivity index (χ1) is 10.8. The van der Waals surface area contributed by atoms with Gasteiger partial charge in [0.25, 0.3) is 0 Å². The smallest absolute Gasteiger partial charge is 0.127 e. The summed E-state index contributed by atoms with van der Waals surface area (Å²) in [5.41, 5.74) is 0. The van der Waals surface area contributed by atoms with E-state index in [9.17, 15) is 0 Å². The number of piperazine rings is 1. The van der Waals surface area contributed by atoms with Gasteiger partial charge >= 0.3 is 0 Å². The second-order valence-corrected chi connectivity index (χ2v) is 6.64. The van der Waals surface area contributed by atoms with Crippen molar-refractivity contribution < 1.29 is 4.74 Å². The monoisotopic (exact) mass is 306 g/mol. The van der Waals surface area contributed by atoms with Crippen molar-refractivity contribution in [3.63, 3.8) is 0 Å². The molecular formula is C17H30N4O. The van der Waals surface area contributed by atoms with Crippen LogP contribution >= 0.6 is 0 Å². The molecule has 0 bridgehead atoms. The summed E-state index contributed by atoms with van der Waals surface area (Å²) in [4.78, 5) is 7.06. The fourth-order valence-electron chi connectivity index (χ4n) is 3.71. The first-order valence-corrected chi connectivity index (χ1v) is 8.88. The Morgan fingerprint density at radius 3 is 2.82 bits per heavy atom. The van der Waals surface area contributed by atoms with E-state index in [0.717, 1.165) is 38.6 Å². The van der Waals surface area contributed by atoms with Crippen LogP contribution < -0.4 is 5.32 Å². The number of hydrogen-bond donors (Lipinski definition) is 1. The molecule has 1 aliphatic carbocycles. The van der Waals surface area contributed by atoms with Crippen LogP contribution in [-0.2, 0) is 11.8 Å². The Hall–Kier alpha value is -0.910. The van der Waals surface area contributed by atoms with E-state index in [1.165, 1.54) is 38.5 Å². The average molecular weight is 306 g/mol. The summed E-state index contributed by atoms with van der Waals surface area (Å²) < 4.78 is 8.31. The highest BCUT2D eigenvalue weighted by molar-refractivity contribution is 5.02. The topological polar surface area (TPSA) is 42.3 Å². The van der Waals surface area contributed by atoms with Gasteiger partial charge in [0, 0.05) is 45.6 Å². The standard InChI is InChI=1S/C17H30N4O/c1-20-10-9-19-17(20)16-14-18-8-11-21(16)12-13-22-15-6-4-2-3-5-7-15/h9-10,15-16,18H,2-8,11-14H2,1H3. The largest absolute Gasteiger partial charge is 0.377 e. The lowest BCUT2D eigenvalue weighted by molar-refractivity contribution is 0.0169. The summed E-state index contributed by atoms with van der Waals surface area (Å²) in [6.07, 6.45) is 12.4.